The SMILES string of the molecule is CC[C@H](/C=C/C(=O)OC)c1ccccc1. The van der Waals surface area contributed by atoms with Crippen molar-refractivity contribution >= 4 is 5.97 Å². The molecular weight excluding hydrogens is 188 g/mol. The fourth-order valence-electron chi connectivity index (χ4n) is 1.45. The van der Waals surface area contributed by atoms with Crippen LogP contribution in [0.15, 0.2) is 42.5 Å². The van der Waals surface area contributed by atoms with E-state index < -0.39 is 0 Å². The number of benzene rings is 1. The Hall–Kier alpha value is -1.57. The molecule has 0 radical (unpaired) electrons. The van der Waals surface area contributed by atoms with Gasteiger partial charge in [0.25, 0.3) is 0 Å². The fourth-order valence-corrected chi connectivity index (χ4v) is 1.45. The van der Waals surface area contributed by atoms with Crippen LogP contribution in [0.3, 0.4) is 0 Å². The zero-order valence-electron chi connectivity index (χ0n) is 9.14. The summed E-state index contributed by atoms with van der Waals surface area (Å²) in [6.07, 6.45) is 4.35. The van der Waals surface area contributed by atoms with Gasteiger partial charge < -0.3 is 4.74 Å². The first-order chi connectivity index (χ1) is 7.27. The van der Waals surface area contributed by atoms with Crippen molar-refractivity contribution < 1.29 is 9.53 Å². The van der Waals surface area contributed by atoms with Gasteiger partial charge in [-0.3, -0.25) is 0 Å². The van der Waals surface area contributed by atoms with E-state index in [9.17, 15) is 4.79 Å². The molecule has 0 bridgehead atoms. The van der Waals surface area contributed by atoms with E-state index in [1.54, 1.807) is 0 Å². The first kappa shape index (κ1) is 11.5. The van der Waals surface area contributed by atoms with Crippen LogP contribution in [0.2, 0.25) is 0 Å². The van der Waals surface area contributed by atoms with Gasteiger partial charge in [0, 0.05) is 12.0 Å². The largest absolute Gasteiger partial charge is 0.466 e. The predicted octanol–water partition coefficient (Wildman–Crippen LogP) is 2.91. The number of carbonyl (C=O) groups is 1. The van der Waals surface area contributed by atoms with Gasteiger partial charge in [-0.1, -0.05) is 43.3 Å². The topological polar surface area (TPSA) is 26.3 Å². The number of allylic oxidation sites excluding steroid dienone is 1. The summed E-state index contributed by atoms with van der Waals surface area (Å²) in [6.45, 7) is 2.10. The maximum absolute atomic E-state index is 11.0. The van der Waals surface area contributed by atoms with Crippen LogP contribution in [0.25, 0.3) is 0 Å². The third-order valence-electron chi connectivity index (χ3n) is 2.33. The van der Waals surface area contributed by atoms with Gasteiger partial charge >= 0.3 is 5.97 Å². The smallest absolute Gasteiger partial charge is 0.330 e. The molecule has 1 aromatic carbocycles. The molecule has 0 unspecified atom stereocenters. The van der Waals surface area contributed by atoms with E-state index in [0.29, 0.717) is 0 Å². The third-order valence-corrected chi connectivity index (χ3v) is 2.33. The van der Waals surface area contributed by atoms with Crippen molar-refractivity contribution in [3.8, 4) is 0 Å². The van der Waals surface area contributed by atoms with Gasteiger partial charge in [0.05, 0.1) is 7.11 Å². The Morgan fingerprint density at radius 2 is 2.07 bits per heavy atom. The van der Waals surface area contributed by atoms with E-state index in [4.69, 9.17) is 0 Å². The van der Waals surface area contributed by atoms with Gasteiger partial charge in [0.1, 0.15) is 0 Å². The Labute approximate surface area is 90.6 Å². The summed E-state index contributed by atoms with van der Waals surface area (Å²) < 4.78 is 4.56. The summed E-state index contributed by atoms with van der Waals surface area (Å²) in [6, 6.07) is 10.1. The Morgan fingerprint density at radius 1 is 1.40 bits per heavy atom. The highest BCUT2D eigenvalue weighted by molar-refractivity contribution is 5.81. The van der Waals surface area contributed by atoms with Crippen LogP contribution in [-0.2, 0) is 9.53 Å². The summed E-state index contributed by atoms with van der Waals surface area (Å²) in [7, 11) is 1.39. The zero-order chi connectivity index (χ0) is 11.1. The average Bonchev–Trinajstić information content (AvgIpc) is 2.31. The summed E-state index contributed by atoms with van der Waals surface area (Å²) >= 11 is 0. The van der Waals surface area contributed by atoms with Crippen molar-refractivity contribution in [2.45, 2.75) is 19.3 Å². The quantitative estimate of drug-likeness (QED) is 0.557. The van der Waals surface area contributed by atoms with Crippen molar-refractivity contribution in [3.63, 3.8) is 0 Å². The van der Waals surface area contributed by atoms with Crippen LogP contribution in [0.1, 0.15) is 24.8 Å². The van der Waals surface area contributed by atoms with Crippen LogP contribution in [0.5, 0.6) is 0 Å². The number of hydrogen-bond acceptors (Lipinski definition) is 2. The standard InChI is InChI=1S/C13H16O2/c1-3-11(9-10-13(14)15-2)12-7-5-4-6-8-12/h4-11H,3H2,1-2H3/b10-9+/t11-/m1/s1. The molecule has 1 aromatic rings. The Balaban J connectivity index is 2.73. The van der Waals surface area contributed by atoms with E-state index in [1.807, 2.05) is 24.3 Å². The van der Waals surface area contributed by atoms with Crippen molar-refractivity contribution in [3.05, 3.63) is 48.0 Å². The Kier molecular flexibility index (Phi) is 4.61. The monoisotopic (exact) mass is 204 g/mol. The molecule has 0 spiro atoms. The Morgan fingerprint density at radius 3 is 2.60 bits per heavy atom. The Bertz CT molecular complexity index is 328. The average molecular weight is 204 g/mol. The van der Waals surface area contributed by atoms with Crippen molar-refractivity contribution in [1.82, 2.24) is 0 Å². The molecule has 0 aliphatic heterocycles. The molecule has 15 heavy (non-hydrogen) atoms. The van der Waals surface area contributed by atoms with E-state index in [1.165, 1.54) is 18.7 Å². The van der Waals surface area contributed by atoms with Gasteiger partial charge in [0.2, 0.25) is 0 Å². The van der Waals surface area contributed by atoms with Crippen molar-refractivity contribution in [2.75, 3.05) is 7.11 Å². The van der Waals surface area contributed by atoms with E-state index in [-0.39, 0.29) is 11.9 Å². The van der Waals surface area contributed by atoms with Gasteiger partial charge in [-0.05, 0) is 12.0 Å². The van der Waals surface area contributed by atoms with Crippen LogP contribution >= 0.6 is 0 Å². The zero-order valence-corrected chi connectivity index (χ0v) is 9.14. The molecule has 1 rings (SSSR count). The van der Waals surface area contributed by atoms with Crippen molar-refractivity contribution in [1.29, 1.82) is 0 Å². The normalized spacial score (nSPS) is 12.7. The van der Waals surface area contributed by atoms with Crippen LogP contribution in [0, 0.1) is 0 Å². The minimum absolute atomic E-state index is 0.283. The lowest BCUT2D eigenvalue weighted by Gasteiger charge is -2.09. The van der Waals surface area contributed by atoms with Gasteiger partial charge in [-0.25, -0.2) is 4.79 Å². The molecule has 2 nitrogen and oxygen atoms in total. The molecule has 0 amide bonds. The second-order valence-corrected chi connectivity index (χ2v) is 3.31. The second-order valence-electron chi connectivity index (χ2n) is 3.31. The van der Waals surface area contributed by atoms with Gasteiger partial charge in [0.15, 0.2) is 0 Å². The lowest BCUT2D eigenvalue weighted by molar-refractivity contribution is -0.134. The molecule has 0 saturated carbocycles. The number of methoxy groups -OCH3 is 1. The maximum atomic E-state index is 11.0. The molecule has 0 fully saturated rings. The molecule has 0 aliphatic carbocycles. The number of carbonyl (C=O) groups excluding carboxylic acids is 1. The molecule has 0 saturated heterocycles. The van der Waals surface area contributed by atoms with Crippen LogP contribution < -0.4 is 0 Å². The molecule has 80 valence electrons. The highest BCUT2D eigenvalue weighted by Crippen LogP contribution is 2.20. The molecule has 0 N–H and O–H groups in total. The molecular formula is C13H16O2. The summed E-state index contributed by atoms with van der Waals surface area (Å²) in [4.78, 5) is 11.0. The third kappa shape index (κ3) is 3.58. The molecule has 0 aromatic heterocycles. The van der Waals surface area contributed by atoms with Crippen LogP contribution in [-0.4, -0.2) is 13.1 Å². The second kappa shape index (κ2) is 6.02. The molecule has 0 heterocycles. The summed E-state index contributed by atoms with van der Waals surface area (Å²) in [5, 5.41) is 0. The fraction of sp³-hybridized carbons (Fsp3) is 0.308. The minimum Gasteiger partial charge on any atom is -0.466 e. The lowest BCUT2D eigenvalue weighted by atomic mass is 9.96. The number of rotatable bonds is 4. The number of esters is 1. The summed E-state index contributed by atoms with van der Waals surface area (Å²) in [5.74, 6) is -0.0188. The molecule has 2 heteroatoms. The lowest BCUT2D eigenvalue weighted by Crippen LogP contribution is -1.97. The number of hydrogen-bond donors (Lipinski definition) is 0. The molecule has 0 aliphatic rings. The highest BCUT2D eigenvalue weighted by atomic mass is 16.5. The minimum atomic E-state index is -0.301. The summed E-state index contributed by atoms with van der Waals surface area (Å²) in [5.41, 5.74) is 1.22. The van der Waals surface area contributed by atoms with Crippen LogP contribution in [0.4, 0.5) is 0 Å². The van der Waals surface area contributed by atoms with Gasteiger partial charge in [-0.2, -0.15) is 0 Å². The van der Waals surface area contributed by atoms with E-state index >= 15 is 0 Å². The highest BCUT2D eigenvalue weighted by Gasteiger charge is 2.04. The molecule has 1 atom stereocenters. The number of ether oxygens (including phenoxy) is 1. The predicted molar refractivity (Wildman–Crippen MR) is 60.6 cm³/mol. The first-order valence-electron chi connectivity index (χ1n) is 5.09. The van der Waals surface area contributed by atoms with E-state index in [2.05, 4.69) is 23.8 Å². The first-order valence-corrected chi connectivity index (χ1v) is 5.09. The van der Waals surface area contributed by atoms with Gasteiger partial charge in [-0.15, -0.1) is 0 Å². The maximum Gasteiger partial charge on any atom is 0.330 e. The van der Waals surface area contributed by atoms with Crippen molar-refractivity contribution in [2.24, 2.45) is 0 Å². The van der Waals surface area contributed by atoms with E-state index in [0.717, 1.165) is 6.42 Å².